The summed E-state index contributed by atoms with van der Waals surface area (Å²) in [6.07, 6.45) is 9.00. The Morgan fingerprint density at radius 2 is 1.89 bits per heavy atom. The first-order valence-electron chi connectivity index (χ1n) is 7.94. The van der Waals surface area contributed by atoms with Crippen LogP contribution in [0.1, 0.15) is 58.8 Å². The fraction of sp³-hybridized carbons (Fsp3) is 0.875. The Morgan fingerprint density at radius 1 is 1.21 bits per heavy atom. The van der Waals surface area contributed by atoms with Crippen LogP contribution in [0.4, 0.5) is 0 Å². The quantitative estimate of drug-likeness (QED) is 0.832. The fourth-order valence-electron chi connectivity index (χ4n) is 4.12. The molecule has 0 radical (unpaired) electrons. The highest BCUT2D eigenvalue weighted by molar-refractivity contribution is 6.03. The average Bonchev–Trinajstić information content (AvgIpc) is 3.09. The molecule has 0 aromatic heterocycles. The zero-order chi connectivity index (χ0) is 13.6. The molecule has 3 nitrogen and oxygen atoms in total. The van der Waals surface area contributed by atoms with E-state index in [1.54, 1.807) is 0 Å². The first kappa shape index (κ1) is 13.1. The molecule has 2 saturated carbocycles. The van der Waals surface area contributed by atoms with Crippen LogP contribution in [0.15, 0.2) is 4.99 Å². The highest BCUT2D eigenvalue weighted by atomic mass is 16.1. The van der Waals surface area contributed by atoms with Crippen LogP contribution in [0.25, 0.3) is 0 Å². The van der Waals surface area contributed by atoms with E-state index in [0.717, 1.165) is 12.3 Å². The van der Waals surface area contributed by atoms with Gasteiger partial charge >= 0.3 is 0 Å². The zero-order valence-corrected chi connectivity index (χ0v) is 12.2. The molecule has 0 saturated heterocycles. The Kier molecular flexibility index (Phi) is 3.18. The summed E-state index contributed by atoms with van der Waals surface area (Å²) in [4.78, 5) is 17.2. The molecular weight excluding hydrogens is 236 g/mol. The standard InChI is InChI=1S/C16H26N2O/c1-10-11(2)15(17)18-16(14(10)19)9-13(16)8-12-6-4-3-5-7-12/h10-13H,3-9H2,1-2H3,(H2,17,18). The van der Waals surface area contributed by atoms with E-state index < -0.39 is 5.54 Å². The van der Waals surface area contributed by atoms with Gasteiger partial charge in [0.1, 0.15) is 5.54 Å². The van der Waals surface area contributed by atoms with Gasteiger partial charge in [-0.2, -0.15) is 0 Å². The minimum atomic E-state index is -0.395. The van der Waals surface area contributed by atoms with Crippen molar-refractivity contribution in [3.8, 4) is 0 Å². The third-order valence-corrected chi connectivity index (χ3v) is 5.80. The molecule has 2 aliphatic carbocycles. The van der Waals surface area contributed by atoms with Gasteiger partial charge in [-0.1, -0.05) is 46.0 Å². The Hall–Kier alpha value is -0.860. The molecule has 2 fully saturated rings. The molecule has 0 amide bonds. The normalized spacial score (nSPS) is 43.4. The van der Waals surface area contributed by atoms with Crippen LogP contribution in [-0.2, 0) is 4.79 Å². The summed E-state index contributed by atoms with van der Waals surface area (Å²) < 4.78 is 0. The van der Waals surface area contributed by atoms with E-state index in [9.17, 15) is 4.79 Å². The molecule has 2 N–H and O–H groups in total. The first-order chi connectivity index (χ1) is 9.04. The molecule has 1 heterocycles. The first-order valence-corrected chi connectivity index (χ1v) is 7.94. The number of amidine groups is 1. The Labute approximate surface area is 116 Å². The number of nitrogens with two attached hydrogens (primary N) is 1. The lowest BCUT2D eigenvalue weighted by Gasteiger charge is -2.30. The molecule has 106 valence electrons. The van der Waals surface area contributed by atoms with Gasteiger partial charge in [-0.25, -0.2) is 0 Å². The van der Waals surface area contributed by atoms with Gasteiger partial charge in [0, 0.05) is 11.8 Å². The Balaban J connectivity index is 1.70. The second-order valence-corrected chi connectivity index (χ2v) is 7.04. The van der Waals surface area contributed by atoms with Crippen molar-refractivity contribution in [3.63, 3.8) is 0 Å². The van der Waals surface area contributed by atoms with Crippen molar-refractivity contribution in [1.29, 1.82) is 0 Å². The van der Waals surface area contributed by atoms with Crippen LogP contribution in [-0.4, -0.2) is 17.2 Å². The summed E-state index contributed by atoms with van der Waals surface area (Å²) in [6, 6.07) is 0. The van der Waals surface area contributed by atoms with Crippen molar-refractivity contribution in [2.24, 2.45) is 34.4 Å². The SMILES string of the molecule is CC1C(=O)C2(CC2CC2CCCCC2)N=C(N)C1C. The van der Waals surface area contributed by atoms with Crippen molar-refractivity contribution < 1.29 is 4.79 Å². The van der Waals surface area contributed by atoms with Crippen LogP contribution in [0.5, 0.6) is 0 Å². The molecule has 0 aromatic rings. The van der Waals surface area contributed by atoms with E-state index in [1.165, 1.54) is 38.5 Å². The van der Waals surface area contributed by atoms with E-state index in [2.05, 4.69) is 4.99 Å². The van der Waals surface area contributed by atoms with Gasteiger partial charge in [-0.15, -0.1) is 0 Å². The minimum absolute atomic E-state index is 0.0499. The third kappa shape index (κ3) is 2.11. The van der Waals surface area contributed by atoms with Crippen LogP contribution >= 0.6 is 0 Å². The number of hydrogen-bond donors (Lipinski definition) is 1. The molecule has 4 unspecified atom stereocenters. The van der Waals surface area contributed by atoms with E-state index in [0.29, 0.717) is 17.5 Å². The van der Waals surface area contributed by atoms with Crippen molar-refractivity contribution in [1.82, 2.24) is 0 Å². The largest absolute Gasteiger partial charge is 0.387 e. The summed E-state index contributed by atoms with van der Waals surface area (Å²) in [5.74, 6) is 2.55. The van der Waals surface area contributed by atoms with Gasteiger partial charge in [0.2, 0.25) is 0 Å². The Morgan fingerprint density at radius 3 is 2.58 bits per heavy atom. The molecule has 3 aliphatic rings. The maximum absolute atomic E-state index is 12.6. The van der Waals surface area contributed by atoms with Crippen LogP contribution in [0, 0.1) is 23.7 Å². The van der Waals surface area contributed by atoms with Gasteiger partial charge in [-0.05, 0) is 24.7 Å². The van der Waals surface area contributed by atoms with Crippen molar-refractivity contribution in [3.05, 3.63) is 0 Å². The van der Waals surface area contributed by atoms with Gasteiger partial charge in [-0.3, -0.25) is 9.79 Å². The highest BCUT2D eigenvalue weighted by Gasteiger charge is 2.63. The second-order valence-electron chi connectivity index (χ2n) is 7.04. The fourth-order valence-corrected chi connectivity index (χ4v) is 4.12. The van der Waals surface area contributed by atoms with Crippen molar-refractivity contribution >= 4 is 11.6 Å². The lowest BCUT2D eigenvalue weighted by molar-refractivity contribution is -0.126. The number of Topliss-reactive ketones (excluding diaryl/α,β-unsaturated/α-hetero) is 1. The minimum Gasteiger partial charge on any atom is -0.387 e. The molecule has 4 atom stereocenters. The van der Waals surface area contributed by atoms with Crippen molar-refractivity contribution in [2.45, 2.75) is 64.3 Å². The number of rotatable bonds is 2. The zero-order valence-electron chi connectivity index (χ0n) is 12.2. The van der Waals surface area contributed by atoms with E-state index in [-0.39, 0.29) is 11.8 Å². The molecule has 0 bridgehead atoms. The van der Waals surface area contributed by atoms with Crippen LogP contribution in [0.3, 0.4) is 0 Å². The molecular formula is C16H26N2O. The lowest BCUT2D eigenvalue weighted by Crippen LogP contribution is -2.44. The number of carbonyl (C=O) groups is 1. The number of hydrogen-bond acceptors (Lipinski definition) is 3. The van der Waals surface area contributed by atoms with Crippen LogP contribution < -0.4 is 5.73 Å². The molecule has 0 aromatic carbocycles. The Bertz CT molecular complexity index is 411. The predicted octanol–water partition coefficient (Wildman–Crippen LogP) is 2.93. The lowest BCUT2D eigenvalue weighted by atomic mass is 9.80. The van der Waals surface area contributed by atoms with E-state index >= 15 is 0 Å². The molecule has 3 heteroatoms. The topological polar surface area (TPSA) is 55.5 Å². The molecule has 19 heavy (non-hydrogen) atoms. The molecule has 1 spiro atoms. The highest BCUT2D eigenvalue weighted by Crippen LogP contribution is 2.55. The second kappa shape index (κ2) is 4.60. The van der Waals surface area contributed by atoms with Gasteiger partial charge < -0.3 is 5.73 Å². The number of ketones is 1. The maximum Gasteiger partial charge on any atom is 0.164 e. The summed E-state index contributed by atoms with van der Waals surface area (Å²) in [5.41, 5.74) is 5.64. The van der Waals surface area contributed by atoms with Crippen LogP contribution in [0.2, 0.25) is 0 Å². The number of aliphatic imine (C=N–C) groups is 1. The average molecular weight is 262 g/mol. The van der Waals surface area contributed by atoms with Gasteiger partial charge in [0.05, 0.1) is 5.84 Å². The summed E-state index contributed by atoms with van der Waals surface area (Å²) >= 11 is 0. The number of nitrogens with zero attached hydrogens (tertiary/aromatic N) is 1. The van der Waals surface area contributed by atoms with E-state index in [1.807, 2.05) is 13.8 Å². The maximum atomic E-state index is 12.6. The van der Waals surface area contributed by atoms with Gasteiger partial charge in [0.15, 0.2) is 5.78 Å². The molecule has 3 rings (SSSR count). The predicted molar refractivity (Wildman–Crippen MR) is 77.0 cm³/mol. The number of carbonyl (C=O) groups excluding carboxylic acids is 1. The summed E-state index contributed by atoms with van der Waals surface area (Å²) in [5, 5.41) is 0. The summed E-state index contributed by atoms with van der Waals surface area (Å²) in [6.45, 7) is 4.04. The smallest absolute Gasteiger partial charge is 0.164 e. The van der Waals surface area contributed by atoms with Crippen molar-refractivity contribution in [2.75, 3.05) is 0 Å². The molecule has 1 aliphatic heterocycles. The third-order valence-electron chi connectivity index (χ3n) is 5.80. The monoisotopic (exact) mass is 262 g/mol. The van der Waals surface area contributed by atoms with E-state index in [4.69, 9.17) is 5.73 Å². The van der Waals surface area contributed by atoms with Gasteiger partial charge in [0.25, 0.3) is 0 Å². The summed E-state index contributed by atoms with van der Waals surface area (Å²) in [7, 11) is 0.